The van der Waals surface area contributed by atoms with E-state index in [0.29, 0.717) is 5.88 Å². The molecule has 3 heteroatoms. The second-order valence-corrected chi connectivity index (χ2v) is 4.24. The Bertz CT molecular complexity index is 507. The van der Waals surface area contributed by atoms with Gasteiger partial charge in [-0.25, -0.2) is 4.98 Å². The maximum absolute atomic E-state index is 6.02. The van der Waals surface area contributed by atoms with Gasteiger partial charge in [0.25, 0.3) is 0 Å². The minimum atomic E-state index is 0.504. The highest BCUT2D eigenvalue weighted by atomic mass is 35.5. The average Bonchev–Trinajstić information content (AvgIpc) is 2.39. The van der Waals surface area contributed by atoms with Crippen LogP contribution in [0.2, 0.25) is 0 Å². The number of halogens is 1. The Labute approximate surface area is 107 Å². The fourth-order valence-corrected chi connectivity index (χ4v) is 2.24. The molecule has 2 nitrogen and oxygen atoms in total. The summed E-state index contributed by atoms with van der Waals surface area (Å²) >= 11 is 6.02. The van der Waals surface area contributed by atoms with Crippen molar-refractivity contribution in [3.63, 3.8) is 0 Å². The molecule has 0 saturated heterocycles. The van der Waals surface area contributed by atoms with Gasteiger partial charge in [0, 0.05) is 24.0 Å². The first-order chi connectivity index (χ1) is 8.30. The lowest BCUT2D eigenvalue weighted by Gasteiger charge is -2.22. The van der Waals surface area contributed by atoms with Crippen LogP contribution in [-0.4, -0.2) is 18.1 Å². The van der Waals surface area contributed by atoms with Gasteiger partial charge in [0.2, 0.25) is 0 Å². The molecule has 0 spiro atoms. The normalized spacial score (nSPS) is 10.8. The molecule has 0 N–H and O–H groups in total. The van der Waals surface area contributed by atoms with Gasteiger partial charge in [0.1, 0.15) is 5.82 Å². The Kier molecular flexibility index (Phi) is 3.85. The van der Waals surface area contributed by atoms with E-state index in [2.05, 4.69) is 30.9 Å². The fraction of sp³-hybridized carbons (Fsp3) is 0.357. The van der Waals surface area contributed by atoms with Gasteiger partial charge >= 0.3 is 0 Å². The molecule has 1 heterocycles. The van der Waals surface area contributed by atoms with Gasteiger partial charge in [-0.2, -0.15) is 0 Å². The van der Waals surface area contributed by atoms with Gasteiger partial charge in [0.15, 0.2) is 0 Å². The number of rotatable bonds is 4. The van der Waals surface area contributed by atoms with Crippen molar-refractivity contribution >= 4 is 28.3 Å². The van der Waals surface area contributed by atoms with Crippen molar-refractivity contribution in [1.82, 2.24) is 4.98 Å². The number of aromatic nitrogens is 1. The summed E-state index contributed by atoms with van der Waals surface area (Å²) in [6.07, 6.45) is 0. The van der Waals surface area contributed by atoms with Crippen LogP contribution in [0.4, 0.5) is 5.82 Å². The number of pyridine rings is 1. The lowest BCUT2D eigenvalue weighted by atomic mass is 10.1. The van der Waals surface area contributed by atoms with E-state index in [4.69, 9.17) is 16.6 Å². The molecule has 0 saturated carbocycles. The largest absolute Gasteiger partial charge is 0.357 e. The van der Waals surface area contributed by atoms with E-state index < -0.39 is 0 Å². The predicted octanol–water partition coefficient (Wildman–Crippen LogP) is 3.82. The molecule has 1 aromatic heterocycles. The summed E-state index contributed by atoms with van der Waals surface area (Å²) in [5.74, 6) is 1.52. The molecule has 0 unspecified atom stereocenters. The predicted molar refractivity (Wildman–Crippen MR) is 74.9 cm³/mol. The van der Waals surface area contributed by atoms with Crippen molar-refractivity contribution in [3.05, 3.63) is 35.9 Å². The number of anilines is 1. The van der Waals surface area contributed by atoms with E-state index in [1.165, 1.54) is 0 Å². The lowest BCUT2D eigenvalue weighted by Crippen LogP contribution is -2.24. The standard InChI is InChI=1S/C14H17ClN2/c1-3-17(4-2)14-12(10-15)9-11-7-5-6-8-13(11)16-14/h5-9H,3-4,10H2,1-2H3. The zero-order valence-electron chi connectivity index (χ0n) is 10.3. The molecule has 0 aliphatic heterocycles. The van der Waals surface area contributed by atoms with Crippen LogP contribution in [0.1, 0.15) is 19.4 Å². The second kappa shape index (κ2) is 5.37. The summed E-state index contributed by atoms with van der Waals surface area (Å²) in [6.45, 7) is 6.17. The van der Waals surface area contributed by atoms with Crippen molar-refractivity contribution < 1.29 is 0 Å². The van der Waals surface area contributed by atoms with Crippen LogP contribution in [0.5, 0.6) is 0 Å². The molecule has 1 aromatic carbocycles. The first kappa shape index (κ1) is 12.2. The quantitative estimate of drug-likeness (QED) is 0.765. The molecule has 2 aromatic rings. The Morgan fingerprint density at radius 3 is 2.53 bits per heavy atom. The van der Waals surface area contributed by atoms with Crippen molar-refractivity contribution in [3.8, 4) is 0 Å². The van der Waals surface area contributed by atoms with Gasteiger partial charge in [-0.3, -0.25) is 0 Å². The van der Waals surface area contributed by atoms with E-state index in [1.54, 1.807) is 0 Å². The summed E-state index contributed by atoms with van der Waals surface area (Å²) in [5, 5.41) is 1.15. The molecular weight excluding hydrogens is 232 g/mol. The number of alkyl halides is 1. The maximum Gasteiger partial charge on any atom is 0.133 e. The Balaban J connectivity index is 2.60. The molecule has 0 bridgehead atoms. The third kappa shape index (κ3) is 2.37. The minimum Gasteiger partial charge on any atom is -0.357 e. The van der Waals surface area contributed by atoms with Gasteiger partial charge in [-0.1, -0.05) is 18.2 Å². The molecule has 17 heavy (non-hydrogen) atoms. The number of para-hydroxylation sites is 1. The van der Waals surface area contributed by atoms with Crippen molar-refractivity contribution in [2.45, 2.75) is 19.7 Å². The van der Waals surface area contributed by atoms with Crippen LogP contribution in [0.15, 0.2) is 30.3 Å². The molecule has 0 aliphatic rings. The SMILES string of the molecule is CCN(CC)c1nc2ccccc2cc1CCl. The van der Waals surface area contributed by atoms with E-state index in [9.17, 15) is 0 Å². The first-order valence-electron chi connectivity index (χ1n) is 5.99. The fourth-order valence-electron chi connectivity index (χ4n) is 2.04. The van der Waals surface area contributed by atoms with Crippen molar-refractivity contribution in [2.75, 3.05) is 18.0 Å². The van der Waals surface area contributed by atoms with Crippen LogP contribution in [0, 0.1) is 0 Å². The molecule has 0 aliphatic carbocycles. The van der Waals surface area contributed by atoms with Crippen LogP contribution < -0.4 is 4.90 Å². The Hall–Kier alpha value is -1.28. The summed E-state index contributed by atoms with van der Waals surface area (Å²) in [7, 11) is 0. The third-order valence-corrected chi connectivity index (χ3v) is 3.27. The lowest BCUT2D eigenvalue weighted by molar-refractivity contribution is 0.843. The molecule has 0 fully saturated rings. The highest BCUT2D eigenvalue weighted by Crippen LogP contribution is 2.24. The van der Waals surface area contributed by atoms with E-state index in [1.807, 2.05) is 18.2 Å². The molecular formula is C14H17ClN2. The summed E-state index contributed by atoms with van der Waals surface area (Å²) < 4.78 is 0. The van der Waals surface area contributed by atoms with Crippen LogP contribution in [0.3, 0.4) is 0 Å². The summed E-state index contributed by atoms with van der Waals surface area (Å²) in [4.78, 5) is 6.97. The topological polar surface area (TPSA) is 16.1 Å². The van der Waals surface area contributed by atoms with Gasteiger partial charge < -0.3 is 4.90 Å². The number of fused-ring (bicyclic) bond motifs is 1. The van der Waals surface area contributed by atoms with E-state index >= 15 is 0 Å². The second-order valence-electron chi connectivity index (χ2n) is 3.97. The summed E-state index contributed by atoms with van der Waals surface area (Å²) in [5.41, 5.74) is 2.14. The number of hydrogen-bond donors (Lipinski definition) is 0. The monoisotopic (exact) mass is 248 g/mol. The summed E-state index contributed by atoms with van der Waals surface area (Å²) in [6, 6.07) is 10.3. The third-order valence-electron chi connectivity index (χ3n) is 2.99. The molecule has 2 rings (SSSR count). The highest BCUT2D eigenvalue weighted by Gasteiger charge is 2.10. The van der Waals surface area contributed by atoms with Gasteiger partial charge in [-0.05, 0) is 26.0 Å². The molecule has 0 atom stereocenters. The van der Waals surface area contributed by atoms with Crippen LogP contribution >= 0.6 is 11.6 Å². The zero-order valence-corrected chi connectivity index (χ0v) is 11.0. The Morgan fingerprint density at radius 1 is 1.18 bits per heavy atom. The Morgan fingerprint density at radius 2 is 1.88 bits per heavy atom. The van der Waals surface area contributed by atoms with E-state index in [0.717, 1.165) is 35.4 Å². The first-order valence-corrected chi connectivity index (χ1v) is 6.53. The van der Waals surface area contributed by atoms with Crippen molar-refractivity contribution in [2.24, 2.45) is 0 Å². The number of hydrogen-bond acceptors (Lipinski definition) is 2. The van der Waals surface area contributed by atoms with Crippen LogP contribution in [-0.2, 0) is 5.88 Å². The zero-order chi connectivity index (χ0) is 12.3. The number of nitrogens with zero attached hydrogens (tertiary/aromatic N) is 2. The van der Waals surface area contributed by atoms with Gasteiger partial charge in [0.05, 0.1) is 11.4 Å². The van der Waals surface area contributed by atoms with Gasteiger partial charge in [-0.15, -0.1) is 11.6 Å². The smallest absolute Gasteiger partial charge is 0.133 e. The maximum atomic E-state index is 6.02. The van der Waals surface area contributed by atoms with Crippen LogP contribution in [0.25, 0.3) is 10.9 Å². The highest BCUT2D eigenvalue weighted by molar-refractivity contribution is 6.17. The van der Waals surface area contributed by atoms with Crippen molar-refractivity contribution in [1.29, 1.82) is 0 Å². The molecule has 90 valence electrons. The average molecular weight is 249 g/mol. The molecule has 0 amide bonds. The molecule has 0 radical (unpaired) electrons. The number of benzene rings is 1. The minimum absolute atomic E-state index is 0.504. The van der Waals surface area contributed by atoms with E-state index in [-0.39, 0.29) is 0 Å².